The molecule has 0 N–H and O–H groups in total. The van der Waals surface area contributed by atoms with E-state index in [0.29, 0.717) is 6.61 Å². The molecule has 0 fully saturated rings. The molecule has 0 heterocycles. The molecule has 0 bridgehead atoms. The number of allylic oxidation sites excluding steroid dienone is 1. The molecule has 0 saturated heterocycles. The Morgan fingerprint density at radius 1 is 0.900 bits per heavy atom. The highest BCUT2D eigenvalue weighted by Gasteiger charge is 2.08. The molecule has 0 radical (unpaired) electrons. The van der Waals surface area contributed by atoms with Crippen LogP contribution in [0.4, 0.5) is 0 Å². The van der Waals surface area contributed by atoms with Crippen LogP contribution in [0.2, 0.25) is 5.02 Å². The molecule has 3 aromatic rings. The van der Waals surface area contributed by atoms with E-state index in [1.54, 1.807) is 6.92 Å². The molecule has 30 heavy (non-hydrogen) atoms. The summed E-state index contributed by atoms with van der Waals surface area (Å²) in [6.45, 7) is 6.20. The van der Waals surface area contributed by atoms with Gasteiger partial charge in [-0.25, -0.2) is 0 Å². The van der Waals surface area contributed by atoms with Crippen LogP contribution < -0.4 is 4.74 Å². The van der Waals surface area contributed by atoms with Crippen LogP contribution in [0.15, 0.2) is 78.9 Å². The van der Waals surface area contributed by atoms with E-state index in [0.717, 1.165) is 28.3 Å². The zero-order valence-corrected chi connectivity index (χ0v) is 18.4. The van der Waals surface area contributed by atoms with E-state index in [1.165, 1.54) is 16.7 Å². The van der Waals surface area contributed by atoms with Gasteiger partial charge in [-0.1, -0.05) is 67.1 Å². The summed E-state index contributed by atoms with van der Waals surface area (Å²) in [4.78, 5) is 11.4. The molecule has 1 unspecified atom stereocenters. The lowest BCUT2D eigenvalue weighted by Crippen LogP contribution is -2.09. The molecule has 0 aromatic heterocycles. The van der Waals surface area contributed by atoms with Crippen LogP contribution in [0.3, 0.4) is 0 Å². The molecular formula is C27H27ClO2. The number of ether oxygens (including phenoxy) is 1. The molecule has 0 aliphatic heterocycles. The van der Waals surface area contributed by atoms with Crippen LogP contribution in [-0.4, -0.2) is 12.4 Å². The number of hydrogen-bond acceptors (Lipinski definition) is 2. The highest BCUT2D eigenvalue weighted by Crippen LogP contribution is 2.24. The summed E-state index contributed by atoms with van der Waals surface area (Å²) < 4.78 is 5.85. The maximum atomic E-state index is 11.4. The molecule has 3 rings (SSSR count). The second-order valence-corrected chi connectivity index (χ2v) is 8.08. The quantitative estimate of drug-likeness (QED) is 0.384. The SMILES string of the molecule is CC(=O)C(C)Cc1ccc(OC/C=C(\C)c2ccc(-c3ccc(Cl)cc3)cc2)cc1. The van der Waals surface area contributed by atoms with Gasteiger partial charge in [0.25, 0.3) is 0 Å². The third-order valence-electron chi connectivity index (χ3n) is 5.32. The lowest BCUT2D eigenvalue weighted by atomic mass is 9.98. The molecular weight excluding hydrogens is 392 g/mol. The van der Waals surface area contributed by atoms with Crippen LogP contribution in [0, 0.1) is 5.92 Å². The summed E-state index contributed by atoms with van der Waals surface area (Å²) >= 11 is 5.97. The fourth-order valence-electron chi connectivity index (χ4n) is 3.17. The maximum absolute atomic E-state index is 11.4. The first-order valence-corrected chi connectivity index (χ1v) is 10.6. The minimum absolute atomic E-state index is 0.0495. The Balaban J connectivity index is 1.56. The van der Waals surface area contributed by atoms with Gasteiger partial charge in [-0.15, -0.1) is 0 Å². The number of halogens is 1. The predicted octanol–water partition coefficient (Wildman–Crippen LogP) is 7.26. The number of benzene rings is 3. The summed E-state index contributed by atoms with van der Waals surface area (Å²) in [6, 6.07) is 24.4. The number of rotatable bonds is 8. The van der Waals surface area contributed by atoms with Gasteiger partial charge < -0.3 is 4.74 Å². The fraction of sp³-hybridized carbons (Fsp3) is 0.222. The van der Waals surface area contributed by atoms with E-state index in [4.69, 9.17) is 16.3 Å². The van der Waals surface area contributed by atoms with E-state index >= 15 is 0 Å². The fourth-order valence-corrected chi connectivity index (χ4v) is 3.29. The van der Waals surface area contributed by atoms with E-state index in [1.807, 2.05) is 55.5 Å². The van der Waals surface area contributed by atoms with Gasteiger partial charge in [-0.05, 0) is 78.4 Å². The molecule has 3 aromatic carbocycles. The van der Waals surface area contributed by atoms with Crippen molar-refractivity contribution in [3.8, 4) is 16.9 Å². The van der Waals surface area contributed by atoms with Crippen molar-refractivity contribution >= 4 is 23.0 Å². The molecule has 0 amide bonds. The van der Waals surface area contributed by atoms with Crippen molar-refractivity contribution in [2.24, 2.45) is 5.92 Å². The Morgan fingerprint density at radius 2 is 1.47 bits per heavy atom. The van der Waals surface area contributed by atoms with Gasteiger partial charge in [0.15, 0.2) is 0 Å². The Labute approximate surface area is 184 Å². The van der Waals surface area contributed by atoms with Crippen molar-refractivity contribution in [2.75, 3.05) is 6.61 Å². The lowest BCUT2D eigenvalue weighted by Gasteiger charge is -2.09. The highest BCUT2D eigenvalue weighted by molar-refractivity contribution is 6.30. The first kappa shape index (κ1) is 21.9. The van der Waals surface area contributed by atoms with E-state index < -0.39 is 0 Å². The maximum Gasteiger partial charge on any atom is 0.132 e. The van der Waals surface area contributed by atoms with Crippen LogP contribution in [0.5, 0.6) is 5.75 Å². The second-order valence-electron chi connectivity index (χ2n) is 7.64. The number of carbonyl (C=O) groups excluding carboxylic acids is 1. The zero-order chi connectivity index (χ0) is 21.5. The minimum Gasteiger partial charge on any atom is -0.490 e. The van der Waals surface area contributed by atoms with Gasteiger partial charge in [-0.2, -0.15) is 0 Å². The largest absolute Gasteiger partial charge is 0.490 e. The van der Waals surface area contributed by atoms with Gasteiger partial charge in [0.2, 0.25) is 0 Å². The number of carbonyl (C=O) groups is 1. The smallest absolute Gasteiger partial charge is 0.132 e. The van der Waals surface area contributed by atoms with Crippen molar-refractivity contribution in [3.05, 3.63) is 95.0 Å². The third-order valence-corrected chi connectivity index (χ3v) is 5.57. The number of ketones is 1. The van der Waals surface area contributed by atoms with Gasteiger partial charge >= 0.3 is 0 Å². The molecule has 2 nitrogen and oxygen atoms in total. The minimum atomic E-state index is 0.0495. The van der Waals surface area contributed by atoms with Crippen molar-refractivity contribution in [2.45, 2.75) is 27.2 Å². The molecule has 154 valence electrons. The van der Waals surface area contributed by atoms with Crippen molar-refractivity contribution in [1.82, 2.24) is 0 Å². The van der Waals surface area contributed by atoms with Gasteiger partial charge in [-0.3, -0.25) is 4.79 Å². The van der Waals surface area contributed by atoms with Crippen LogP contribution >= 0.6 is 11.6 Å². The molecule has 1 atom stereocenters. The van der Waals surface area contributed by atoms with Crippen molar-refractivity contribution in [3.63, 3.8) is 0 Å². The molecule has 0 aliphatic rings. The Kier molecular flexibility index (Phi) is 7.48. The van der Waals surface area contributed by atoms with E-state index in [-0.39, 0.29) is 11.7 Å². The summed E-state index contributed by atoms with van der Waals surface area (Å²) in [7, 11) is 0. The zero-order valence-electron chi connectivity index (χ0n) is 17.7. The van der Waals surface area contributed by atoms with Gasteiger partial charge in [0, 0.05) is 10.9 Å². The molecule has 0 aliphatic carbocycles. The summed E-state index contributed by atoms with van der Waals surface area (Å²) in [5.41, 5.74) is 5.81. The predicted molar refractivity (Wildman–Crippen MR) is 126 cm³/mol. The van der Waals surface area contributed by atoms with Crippen LogP contribution in [0.1, 0.15) is 31.9 Å². The van der Waals surface area contributed by atoms with E-state index in [9.17, 15) is 4.79 Å². The number of Topliss-reactive ketones (excluding diaryl/α,β-unsaturated/α-hetero) is 1. The molecule has 0 spiro atoms. The first-order chi connectivity index (χ1) is 14.4. The van der Waals surface area contributed by atoms with Gasteiger partial charge in [0.05, 0.1) is 0 Å². The van der Waals surface area contributed by atoms with Crippen LogP contribution in [0.25, 0.3) is 16.7 Å². The highest BCUT2D eigenvalue weighted by atomic mass is 35.5. The summed E-state index contributed by atoms with van der Waals surface area (Å²) in [5, 5.41) is 0.745. The second kappa shape index (κ2) is 10.3. The Bertz CT molecular complexity index is 1000. The standard InChI is InChI=1S/C27H27ClO2/c1-19(23-6-8-24(9-7-23)25-10-12-26(28)13-11-25)16-17-30-27-14-4-22(5-15-27)18-20(2)21(3)29/h4-16,20H,17-18H2,1-3H3/b19-16+. The monoisotopic (exact) mass is 418 g/mol. The third kappa shape index (κ3) is 6.08. The normalized spacial score (nSPS) is 12.5. The lowest BCUT2D eigenvalue weighted by molar-refractivity contribution is -0.120. The summed E-state index contributed by atoms with van der Waals surface area (Å²) in [5.74, 6) is 1.10. The Hall–Kier alpha value is -2.84. The Morgan fingerprint density at radius 3 is 2.03 bits per heavy atom. The number of hydrogen-bond donors (Lipinski definition) is 0. The average Bonchev–Trinajstić information content (AvgIpc) is 2.75. The summed E-state index contributed by atoms with van der Waals surface area (Å²) in [6.07, 6.45) is 2.85. The van der Waals surface area contributed by atoms with Crippen molar-refractivity contribution in [1.29, 1.82) is 0 Å². The van der Waals surface area contributed by atoms with Gasteiger partial charge in [0.1, 0.15) is 18.1 Å². The van der Waals surface area contributed by atoms with E-state index in [2.05, 4.69) is 37.3 Å². The van der Waals surface area contributed by atoms with Crippen molar-refractivity contribution < 1.29 is 9.53 Å². The topological polar surface area (TPSA) is 26.3 Å². The van der Waals surface area contributed by atoms with Crippen LogP contribution in [-0.2, 0) is 11.2 Å². The first-order valence-electron chi connectivity index (χ1n) is 10.2. The molecule has 0 saturated carbocycles. The molecule has 3 heteroatoms. The average molecular weight is 419 g/mol.